The fourth-order valence-electron chi connectivity index (χ4n) is 3.49. The molecular weight excluding hydrogens is 238 g/mol. The summed E-state index contributed by atoms with van der Waals surface area (Å²) in [5, 5.41) is 3.43. The van der Waals surface area contributed by atoms with Gasteiger partial charge in [0.2, 0.25) is 5.91 Å². The Morgan fingerprint density at radius 3 is 2.84 bits per heavy atom. The molecule has 3 unspecified atom stereocenters. The van der Waals surface area contributed by atoms with Gasteiger partial charge in [-0.15, -0.1) is 0 Å². The van der Waals surface area contributed by atoms with Crippen molar-refractivity contribution in [1.82, 2.24) is 15.1 Å². The lowest BCUT2D eigenvalue weighted by atomic mass is 9.90. The number of piperidine rings is 1. The lowest BCUT2D eigenvalue weighted by molar-refractivity contribution is -0.135. The Balaban J connectivity index is 1.94. The predicted octanol–water partition coefficient (Wildman–Crippen LogP) is 1.32. The van der Waals surface area contributed by atoms with E-state index in [0.717, 1.165) is 44.8 Å². The number of hydrogen-bond donors (Lipinski definition) is 1. The summed E-state index contributed by atoms with van der Waals surface area (Å²) in [6.07, 6.45) is 5.77. The molecule has 3 atom stereocenters. The molecule has 2 heterocycles. The molecule has 19 heavy (non-hydrogen) atoms. The highest BCUT2D eigenvalue weighted by Gasteiger charge is 2.35. The first-order valence-corrected chi connectivity index (χ1v) is 7.80. The average Bonchev–Trinajstić information content (AvgIpc) is 2.85. The van der Waals surface area contributed by atoms with Gasteiger partial charge in [-0.2, -0.15) is 0 Å². The lowest BCUT2D eigenvalue weighted by Crippen LogP contribution is -2.53. The van der Waals surface area contributed by atoms with Gasteiger partial charge in [0.25, 0.3) is 0 Å². The second-order valence-electron chi connectivity index (χ2n) is 6.40. The minimum absolute atomic E-state index is 0.0708. The van der Waals surface area contributed by atoms with Gasteiger partial charge >= 0.3 is 0 Å². The maximum atomic E-state index is 12.7. The summed E-state index contributed by atoms with van der Waals surface area (Å²) in [7, 11) is 4.18. The zero-order valence-electron chi connectivity index (χ0n) is 12.7. The molecule has 1 N–H and O–H groups in total. The number of nitrogens with zero attached hydrogens (tertiary/aromatic N) is 2. The monoisotopic (exact) mass is 267 g/mol. The van der Waals surface area contributed by atoms with Gasteiger partial charge in [-0.05, 0) is 52.2 Å². The van der Waals surface area contributed by atoms with Crippen LogP contribution in [0.15, 0.2) is 0 Å². The second-order valence-corrected chi connectivity index (χ2v) is 6.40. The number of rotatable bonds is 4. The fraction of sp³-hybridized carbons (Fsp3) is 0.933. The third-order valence-electron chi connectivity index (χ3n) is 4.62. The Morgan fingerprint density at radius 2 is 2.16 bits per heavy atom. The zero-order chi connectivity index (χ0) is 13.8. The molecule has 1 amide bonds. The molecule has 0 radical (unpaired) electrons. The van der Waals surface area contributed by atoms with Gasteiger partial charge in [0.1, 0.15) is 0 Å². The van der Waals surface area contributed by atoms with Gasteiger partial charge in [0.15, 0.2) is 0 Å². The van der Waals surface area contributed by atoms with E-state index in [0.29, 0.717) is 11.9 Å². The molecule has 2 fully saturated rings. The largest absolute Gasteiger partial charge is 0.337 e. The second kappa shape index (κ2) is 6.71. The third kappa shape index (κ3) is 3.69. The summed E-state index contributed by atoms with van der Waals surface area (Å²) in [5.74, 6) is 1.08. The van der Waals surface area contributed by atoms with E-state index >= 15 is 0 Å². The summed E-state index contributed by atoms with van der Waals surface area (Å²) >= 11 is 0. The molecule has 2 aliphatic heterocycles. The van der Waals surface area contributed by atoms with E-state index in [1.807, 2.05) is 0 Å². The van der Waals surface area contributed by atoms with Crippen molar-refractivity contribution in [2.75, 3.05) is 33.7 Å². The van der Waals surface area contributed by atoms with E-state index in [4.69, 9.17) is 0 Å². The quantitative estimate of drug-likeness (QED) is 0.834. The molecule has 0 bridgehead atoms. The molecule has 4 nitrogen and oxygen atoms in total. The van der Waals surface area contributed by atoms with Crippen LogP contribution in [0.1, 0.15) is 39.0 Å². The van der Waals surface area contributed by atoms with Crippen molar-refractivity contribution >= 4 is 5.91 Å². The Morgan fingerprint density at radius 1 is 1.37 bits per heavy atom. The Bertz CT molecular complexity index is 306. The molecule has 0 saturated carbocycles. The first-order chi connectivity index (χ1) is 9.11. The van der Waals surface area contributed by atoms with Crippen LogP contribution in [0, 0.1) is 5.92 Å². The average molecular weight is 267 g/mol. The number of likely N-dealkylation sites (tertiary alicyclic amines) is 1. The highest BCUT2D eigenvalue weighted by atomic mass is 16.2. The van der Waals surface area contributed by atoms with Crippen LogP contribution in [0.2, 0.25) is 0 Å². The SMILES string of the molecule is CCC1CCNC(C(=O)N2CCCC2CN(C)C)C1. The van der Waals surface area contributed by atoms with Gasteiger partial charge in [-0.25, -0.2) is 0 Å². The van der Waals surface area contributed by atoms with Crippen molar-refractivity contribution in [3.8, 4) is 0 Å². The van der Waals surface area contributed by atoms with E-state index in [2.05, 4.69) is 36.1 Å². The van der Waals surface area contributed by atoms with E-state index < -0.39 is 0 Å². The van der Waals surface area contributed by atoms with Crippen LogP contribution in [0.4, 0.5) is 0 Å². The van der Waals surface area contributed by atoms with Crippen LogP contribution in [0.3, 0.4) is 0 Å². The van der Waals surface area contributed by atoms with Gasteiger partial charge in [-0.1, -0.05) is 13.3 Å². The Labute approximate surface area is 117 Å². The molecule has 110 valence electrons. The van der Waals surface area contributed by atoms with Crippen LogP contribution in [-0.4, -0.2) is 61.5 Å². The van der Waals surface area contributed by atoms with Crippen molar-refractivity contribution < 1.29 is 4.79 Å². The lowest BCUT2D eigenvalue weighted by Gasteiger charge is -2.34. The van der Waals surface area contributed by atoms with Gasteiger partial charge < -0.3 is 15.1 Å². The van der Waals surface area contributed by atoms with Crippen molar-refractivity contribution in [2.45, 2.75) is 51.1 Å². The molecule has 2 saturated heterocycles. The fourth-order valence-corrected chi connectivity index (χ4v) is 3.49. The Kier molecular flexibility index (Phi) is 5.22. The van der Waals surface area contributed by atoms with Crippen molar-refractivity contribution in [3.63, 3.8) is 0 Å². The van der Waals surface area contributed by atoms with Gasteiger partial charge in [0, 0.05) is 19.1 Å². The topological polar surface area (TPSA) is 35.6 Å². The van der Waals surface area contributed by atoms with Crippen LogP contribution in [-0.2, 0) is 4.79 Å². The molecular formula is C15H29N3O. The number of carbonyl (C=O) groups excluding carboxylic acids is 1. The standard InChI is InChI=1S/C15H29N3O/c1-4-12-7-8-16-14(10-12)15(19)18-9-5-6-13(18)11-17(2)3/h12-14,16H,4-11H2,1-3H3. The van der Waals surface area contributed by atoms with Crippen LogP contribution in [0.25, 0.3) is 0 Å². The maximum Gasteiger partial charge on any atom is 0.240 e. The Hall–Kier alpha value is -0.610. The summed E-state index contributed by atoms with van der Waals surface area (Å²) in [6.45, 7) is 5.19. The van der Waals surface area contributed by atoms with E-state index in [9.17, 15) is 4.79 Å². The molecule has 2 rings (SSSR count). The minimum Gasteiger partial charge on any atom is -0.337 e. The number of carbonyl (C=O) groups is 1. The maximum absolute atomic E-state index is 12.7. The summed E-state index contributed by atoms with van der Waals surface area (Å²) < 4.78 is 0. The highest BCUT2D eigenvalue weighted by Crippen LogP contribution is 2.24. The number of hydrogen-bond acceptors (Lipinski definition) is 3. The molecule has 0 spiro atoms. The third-order valence-corrected chi connectivity index (χ3v) is 4.62. The molecule has 0 aromatic rings. The first kappa shape index (κ1) is 14.8. The van der Waals surface area contributed by atoms with Gasteiger partial charge in [-0.3, -0.25) is 4.79 Å². The minimum atomic E-state index is 0.0708. The smallest absolute Gasteiger partial charge is 0.240 e. The van der Waals surface area contributed by atoms with Crippen LogP contribution in [0.5, 0.6) is 0 Å². The zero-order valence-corrected chi connectivity index (χ0v) is 12.7. The molecule has 0 aromatic carbocycles. The first-order valence-electron chi connectivity index (χ1n) is 7.80. The number of nitrogens with one attached hydrogen (secondary N) is 1. The molecule has 4 heteroatoms. The van der Waals surface area contributed by atoms with Crippen LogP contribution >= 0.6 is 0 Å². The van der Waals surface area contributed by atoms with E-state index in [1.54, 1.807) is 0 Å². The predicted molar refractivity (Wildman–Crippen MR) is 78.1 cm³/mol. The molecule has 0 aromatic heterocycles. The van der Waals surface area contributed by atoms with Crippen molar-refractivity contribution in [2.24, 2.45) is 5.92 Å². The summed E-state index contributed by atoms with van der Waals surface area (Å²) in [5.41, 5.74) is 0. The normalized spacial score (nSPS) is 32.0. The highest BCUT2D eigenvalue weighted by molar-refractivity contribution is 5.82. The van der Waals surface area contributed by atoms with Crippen molar-refractivity contribution in [1.29, 1.82) is 0 Å². The number of amides is 1. The van der Waals surface area contributed by atoms with Gasteiger partial charge in [0.05, 0.1) is 6.04 Å². The summed E-state index contributed by atoms with van der Waals surface area (Å²) in [4.78, 5) is 17.0. The van der Waals surface area contributed by atoms with Crippen molar-refractivity contribution in [3.05, 3.63) is 0 Å². The number of likely N-dealkylation sites (N-methyl/N-ethyl adjacent to an activating group) is 1. The van der Waals surface area contributed by atoms with Crippen LogP contribution < -0.4 is 5.32 Å². The summed E-state index contributed by atoms with van der Waals surface area (Å²) in [6, 6.07) is 0.493. The molecule has 0 aliphatic carbocycles. The van der Waals surface area contributed by atoms with E-state index in [1.165, 1.54) is 12.8 Å². The molecule has 2 aliphatic rings. The van der Waals surface area contributed by atoms with E-state index in [-0.39, 0.29) is 6.04 Å².